The molecule has 0 saturated carbocycles. The highest BCUT2D eigenvalue weighted by atomic mass is 35.5. The van der Waals surface area contributed by atoms with E-state index in [4.69, 9.17) is 21.1 Å². The van der Waals surface area contributed by atoms with Crippen molar-refractivity contribution in [3.8, 4) is 23.0 Å². The summed E-state index contributed by atoms with van der Waals surface area (Å²) >= 11 is 5.70. The topological polar surface area (TPSA) is 62.1 Å². The van der Waals surface area contributed by atoms with Crippen molar-refractivity contribution in [3.63, 3.8) is 0 Å². The van der Waals surface area contributed by atoms with Crippen molar-refractivity contribution in [2.75, 3.05) is 6.61 Å². The van der Waals surface area contributed by atoms with Gasteiger partial charge in [0.25, 0.3) is 12.3 Å². The van der Waals surface area contributed by atoms with E-state index in [-0.39, 0.29) is 29.3 Å². The van der Waals surface area contributed by atoms with E-state index in [0.29, 0.717) is 11.1 Å². The summed E-state index contributed by atoms with van der Waals surface area (Å²) in [6.07, 6.45) is -5.20. The second-order valence-corrected chi connectivity index (χ2v) is 6.39. The maximum Gasteiger partial charge on any atom is 0.434 e. The molecular formula is C18H14ClF5N4O2. The molecule has 0 bridgehead atoms. The van der Waals surface area contributed by atoms with E-state index < -0.39 is 24.9 Å². The summed E-state index contributed by atoms with van der Waals surface area (Å²) in [5.41, 5.74) is 0.130. The predicted octanol–water partition coefficient (Wildman–Crippen LogP) is 4.77. The fraction of sp³-hybridized carbons (Fsp3) is 0.278. The number of halogens is 6. The number of hydrogen-bond acceptors (Lipinski definition) is 5. The standard InChI is InChI=1S/C18H14ClF5N4O2/c1-28-7-13(18(22,23)24)26-15(28)11-4-2-10(3-5-11)8-30-16-12(29-9-14(20)21)6-25-17(19)27-16/h2-7,14H,8-9H2,1H3. The summed E-state index contributed by atoms with van der Waals surface area (Å²) in [5, 5.41) is -0.153. The molecule has 6 nitrogen and oxygen atoms in total. The van der Waals surface area contributed by atoms with E-state index in [2.05, 4.69) is 15.0 Å². The van der Waals surface area contributed by atoms with E-state index in [1.807, 2.05) is 0 Å². The number of rotatable bonds is 7. The lowest BCUT2D eigenvalue weighted by Crippen LogP contribution is -2.09. The zero-order valence-corrected chi connectivity index (χ0v) is 16.1. The summed E-state index contributed by atoms with van der Waals surface area (Å²) in [5.74, 6) is -0.0530. The Morgan fingerprint density at radius 3 is 2.40 bits per heavy atom. The first kappa shape index (κ1) is 21.8. The Bertz CT molecular complexity index is 1010. The Kier molecular flexibility index (Phi) is 6.40. The largest absolute Gasteiger partial charge is 0.481 e. The fourth-order valence-electron chi connectivity index (χ4n) is 2.46. The van der Waals surface area contributed by atoms with Gasteiger partial charge >= 0.3 is 6.18 Å². The second kappa shape index (κ2) is 8.82. The number of aromatic nitrogens is 4. The molecule has 0 aliphatic carbocycles. The molecule has 160 valence electrons. The van der Waals surface area contributed by atoms with Gasteiger partial charge in [-0.2, -0.15) is 18.2 Å². The molecule has 2 heterocycles. The van der Waals surface area contributed by atoms with Gasteiger partial charge in [0, 0.05) is 18.8 Å². The Balaban J connectivity index is 1.72. The third-order valence-electron chi connectivity index (χ3n) is 3.81. The number of alkyl halides is 5. The first-order chi connectivity index (χ1) is 14.1. The molecule has 30 heavy (non-hydrogen) atoms. The molecule has 1 aromatic carbocycles. The molecule has 12 heteroatoms. The smallest absolute Gasteiger partial charge is 0.434 e. The van der Waals surface area contributed by atoms with E-state index in [9.17, 15) is 22.0 Å². The summed E-state index contributed by atoms with van der Waals surface area (Å²) in [4.78, 5) is 11.1. The molecule has 0 spiro atoms. The van der Waals surface area contributed by atoms with Crippen LogP contribution in [-0.2, 0) is 19.8 Å². The predicted molar refractivity (Wildman–Crippen MR) is 96.5 cm³/mol. The van der Waals surface area contributed by atoms with Gasteiger partial charge in [0.2, 0.25) is 5.28 Å². The first-order valence-electron chi connectivity index (χ1n) is 8.39. The van der Waals surface area contributed by atoms with Crippen LogP contribution in [0.2, 0.25) is 5.28 Å². The molecule has 2 aromatic heterocycles. The van der Waals surface area contributed by atoms with Crippen LogP contribution in [0.25, 0.3) is 11.4 Å². The average molecular weight is 449 g/mol. The summed E-state index contributed by atoms with van der Waals surface area (Å²) in [6, 6.07) is 6.42. The van der Waals surface area contributed by atoms with Gasteiger partial charge in [-0.1, -0.05) is 24.3 Å². The average Bonchev–Trinajstić information content (AvgIpc) is 3.08. The van der Waals surface area contributed by atoms with Crippen molar-refractivity contribution < 1.29 is 31.4 Å². The maximum absolute atomic E-state index is 12.8. The van der Waals surface area contributed by atoms with E-state index in [0.717, 1.165) is 12.4 Å². The first-order valence-corrected chi connectivity index (χ1v) is 8.77. The highest BCUT2D eigenvalue weighted by molar-refractivity contribution is 6.28. The van der Waals surface area contributed by atoms with Crippen molar-refractivity contribution >= 4 is 11.6 Å². The van der Waals surface area contributed by atoms with E-state index in [1.165, 1.54) is 11.6 Å². The second-order valence-electron chi connectivity index (χ2n) is 6.05. The normalized spacial score (nSPS) is 11.7. The minimum atomic E-state index is -4.54. The molecular weight excluding hydrogens is 435 g/mol. The molecule has 0 aliphatic heterocycles. The van der Waals surface area contributed by atoms with Crippen LogP contribution in [0.1, 0.15) is 11.3 Å². The van der Waals surface area contributed by atoms with Crippen LogP contribution in [-0.4, -0.2) is 32.6 Å². The van der Waals surface area contributed by atoms with Crippen molar-refractivity contribution in [1.29, 1.82) is 0 Å². The van der Waals surface area contributed by atoms with Gasteiger partial charge in [-0.15, -0.1) is 0 Å². The van der Waals surface area contributed by atoms with Crippen molar-refractivity contribution in [1.82, 2.24) is 19.5 Å². The summed E-state index contributed by atoms with van der Waals surface area (Å²) in [7, 11) is 1.47. The lowest BCUT2D eigenvalue weighted by Gasteiger charge is -2.11. The highest BCUT2D eigenvalue weighted by Gasteiger charge is 2.34. The number of imidazole rings is 1. The molecule has 0 fully saturated rings. The van der Waals surface area contributed by atoms with Crippen LogP contribution in [0.15, 0.2) is 36.7 Å². The summed E-state index contributed by atoms with van der Waals surface area (Å²) < 4.78 is 74.8. The third kappa shape index (κ3) is 5.35. The number of aryl methyl sites for hydroxylation is 1. The Morgan fingerprint density at radius 2 is 1.80 bits per heavy atom. The quantitative estimate of drug-likeness (QED) is 0.385. The van der Waals surface area contributed by atoms with E-state index in [1.54, 1.807) is 24.3 Å². The van der Waals surface area contributed by atoms with Crippen LogP contribution < -0.4 is 9.47 Å². The van der Waals surface area contributed by atoms with Gasteiger partial charge < -0.3 is 14.0 Å². The fourth-order valence-corrected chi connectivity index (χ4v) is 2.59. The molecule has 0 amide bonds. The van der Waals surface area contributed by atoms with Crippen LogP contribution >= 0.6 is 11.6 Å². The monoisotopic (exact) mass is 448 g/mol. The molecule has 3 aromatic rings. The lowest BCUT2D eigenvalue weighted by molar-refractivity contribution is -0.140. The van der Waals surface area contributed by atoms with Crippen molar-refractivity contribution in [3.05, 3.63) is 53.2 Å². The van der Waals surface area contributed by atoms with Crippen molar-refractivity contribution in [2.45, 2.75) is 19.2 Å². The zero-order chi connectivity index (χ0) is 21.9. The highest BCUT2D eigenvalue weighted by Crippen LogP contribution is 2.31. The van der Waals surface area contributed by atoms with Gasteiger partial charge in [-0.05, 0) is 17.2 Å². The Labute approximate surface area is 172 Å². The number of nitrogens with zero attached hydrogens (tertiary/aromatic N) is 4. The minimum Gasteiger partial charge on any atom is -0.481 e. The third-order valence-corrected chi connectivity index (χ3v) is 3.99. The Hall–Kier alpha value is -2.95. The maximum atomic E-state index is 12.8. The zero-order valence-electron chi connectivity index (χ0n) is 15.3. The van der Waals surface area contributed by atoms with Gasteiger partial charge in [0.1, 0.15) is 19.0 Å². The van der Waals surface area contributed by atoms with Gasteiger partial charge in [0.05, 0.1) is 6.20 Å². The summed E-state index contributed by atoms with van der Waals surface area (Å²) in [6.45, 7) is -0.882. The number of benzene rings is 1. The van der Waals surface area contributed by atoms with Gasteiger partial charge in [-0.25, -0.2) is 18.7 Å². The Morgan fingerprint density at radius 1 is 1.10 bits per heavy atom. The SMILES string of the molecule is Cn1cc(C(F)(F)F)nc1-c1ccc(COc2nc(Cl)ncc2OCC(F)F)cc1. The molecule has 0 N–H and O–H groups in total. The number of hydrogen-bond donors (Lipinski definition) is 0. The van der Waals surface area contributed by atoms with Crippen LogP contribution in [0.3, 0.4) is 0 Å². The minimum absolute atomic E-state index is 0.0208. The van der Waals surface area contributed by atoms with Crippen LogP contribution in [0.4, 0.5) is 22.0 Å². The van der Waals surface area contributed by atoms with Gasteiger partial charge in [-0.3, -0.25) is 0 Å². The molecule has 0 saturated heterocycles. The molecule has 3 rings (SSSR count). The molecule has 0 atom stereocenters. The van der Waals surface area contributed by atoms with Gasteiger partial charge in [0.15, 0.2) is 11.4 Å². The van der Waals surface area contributed by atoms with Crippen molar-refractivity contribution in [2.24, 2.45) is 7.05 Å². The molecule has 0 radical (unpaired) electrons. The van der Waals surface area contributed by atoms with Crippen LogP contribution in [0, 0.1) is 0 Å². The van der Waals surface area contributed by atoms with Crippen LogP contribution in [0.5, 0.6) is 11.6 Å². The number of ether oxygens (including phenoxy) is 2. The van der Waals surface area contributed by atoms with E-state index >= 15 is 0 Å². The lowest BCUT2D eigenvalue weighted by atomic mass is 10.1. The molecule has 0 aliphatic rings. The molecule has 0 unspecified atom stereocenters.